The number of aldehydes is 1. The van der Waals surface area contributed by atoms with Crippen molar-refractivity contribution >= 4 is 12.3 Å². The first-order valence-electron chi connectivity index (χ1n) is 7.92. The van der Waals surface area contributed by atoms with Gasteiger partial charge in [-0.15, -0.1) is 0 Å². The average Bonchev–Trinajstić information content (AvgIpc) is 2.53. The summed E-state index contributed by atoms with van der Waals surface area (Å²) in [5, 5.41) is 0. The lowest BCUT2D eigenvalue weighted by Crippen LogP contribution is -2.19. The van der Waals surface area contributed by atoms with Gasteiger partial charge in [-0.1, -0.05) is 6.42 Å². The van der Waals surface area contributed by atoms with Crippen LogP contribution >= 0.6 is 0 Å². The van der Waals surface area contributed by atoms with Crippen molar-refractivity contribution in [2.24, 2.45) is 0 Å². The Morgan fingerprint density at radius 1 is 1.17 bits per heavy atom. The second kappa shape index (κ2) is 10.6. The van der Waals surface area contributed by atoms with Crippen molar-refractivity contribution in [2.75, 3.05) is 14.2 Å². The van der Waals surface area contributed by atoms with E-state index in [2.05, 4.69) is 0 Å². The lowest BCUT2D eigenvalue weighted by Gasteiger charge is -2.19. The summed E-state index contributed by atoms with van der Waals surface area (Å²) < 4.78 is 16.0. The molecule has 0 aliphatic rings. The van der Waals surface area contributed by atoms with Gasteiger partial charge in [-0.05, 0) is 37.5 Å². The maximum atomic E-state index is 11.3. The number of hydrogen-bond acceptors (Lipinski definition) is 5. The first-order chi connectivity index (χ1) is 11.1. The largest absolute Gasteiger partial charge is 0.497 e. The highest BCUT2D eigenvalue weighted by atomic mass is 16.5. The summed E-state index contributed by atoms with van der Waals surface area (Å²) >= 11 is 0. The number of ether oxygens (including phenoxy) is 3. The van der Waals surface area contributed by atoms with Crippen LogP contribution in [0, 0.1) is 0 Å². The molecule has 1 aromatic rings. The fourth-order valence-corrected chi connectivity index (χ4v) is 2.50. The number of unbranched alkanes of at least 4 members (excludes halogenated alkanes) is 3. The second-order valence-electron chi connectivity index (χ2n) is 5.42. The number of carbonyl (C=O) groups excluding carboxylic acids is 2. The van der Waals surface area contributed by atoms with Crippen molar-refractivity contribution in [2.45, 2.75) is 51.6 Å². The molecule has 0 spiro atoms. The van der Waals surface area contributed by atoms with E-state index in [1.807, 2.05) is 18.2 Å². The fourth-order valence-electron chi connectivity index (χ4n) is 2.50. The molecule has 0 radical (unpaired) electrons. The van der Waals surface area contributed by atoms with E-state index in [4.69, 9.17) is 14.2 Å². The topological polar surface area (TPSA) is 61.8 Å². The molecule has 1 atom stereocenters. The van der Waals surface area contributed by atoms with E-state index in [9.17, 15) is 9.59 Å². The van der Waals surface area contributed by atoms with Gasteiger partial charge in [-0.2, -0.15) is 0 Å². The number of methoxy groups -OCH3 is 2. The summed E-state index contributed by atoms with van der Waals surface area (Å²) in [7, 11) is 3.23. The van der Waals surface area contributed by atoms with Gasteiger partial charge in [-0.3, -0.25) is 4.79 Å². The van der Waals surface area contributed by atoms with E-state index in [-0.39, 0.29) is 12.1 Å². The molecule has 0 saturated heterocycles. The summed E-state index contributed by atoms with van der Waals surface area (Å²) in [6.07, 6.45) is 5.39. The van der Waals surface area contributed by atoms with Crippen LogP contribution in [0.3, 0.4) is 0 Å². The molecule has 0 aromatic heterocycles. The number of benzene rings is 1. The van der Waals surface area contributed by atoms with Crippen molar-refractivity contribution < 1.29 is 23.8 Å². The predicted octanol–water partition coefficient (Wildman–Crippen LogP) is 3.33. The van der Waals surface area contributed by atoms with Gasteiger partial charge in [0.05, 0.1) is 14.2 Å². The van der Waals surface area contributed by atoms with Gasteiger partial charge in [0.25, 0.3) is 0 Å². The normalized spacial score (nSPS) is 11.6. The van der Waals surface area contributed by atoms with Crippen LogP contribution in [0.2, 0.25) is 0 Å². The fraction of sp³-hybridized carbons (Fsp3) is 0.556. The Labute approximate surface area is 137 Å². The molecule has 5 heteroatoms. The highest BCUT2D eigenvalue weighted by molar-refractivity contribution is 5.66. The molecule has 0 fully saturated rings. The van der Waals surface area contributed by atoms with Crippen LogP contribution in [0.25, 0.3) is 0 Å². The Hall–Kier alpha value is -2.04. The van der Waals surface area contributed by atoms with Crippen molar-refractivity contribution in [3.05, 3.63) is 23.8 Å². The monoisotopic (exact) mass is 322 g/mol. The van der Waals surface area contributed by atoms with Crippen LogP contribution in [0.15, 0.2) is 18.2 Å². The van der Waals surface area contributed by atoms with Crippen molar-refractivity contribution in [3.63, 3.8) is 0 Å². The van der Waals surface area contributed by atoms with Gasteiger partial charge < -0.3 is 19.0 Å². The number of hydrogen-bond donors (Lipinski definition) is 0. The summed E-state index contributed by atoms with van der Waals surface area (Å²) in [5.74, 6) is 1.21. The van der Waals surface area contributed by atoms with Crippen molar-refractivity contribution in [1.82, 2.24) is 0 Å². The quantitative estimate of drug-likeness (QED) is 0.355. The zero-order valence-electron chi connectivity index (χ0n) is 14.2. The first-order valence-corrected chi connectivity index (χ1v) is 7.92. The molecule has 0 bridgehead atoms. The summed E-state index contributed by atoms with van der Waals surface area (Å²) in [5.41, 5.74) is 0.950. The van der Waals surface area contributed by atoms with Crippen LogP contribution in [-0.2, 0) is 20.7 Å². The van der Waals surface area contributed by atoms with E-state index in [1.165, 1.54) is 6.92 Å². The smallest absolute Gasteiger partial charge is 0.302 e. The van der Waals surface area contributed by atoms with Gasteiger partial charge in [-0.25, -0.2) is 0 Å². The maximum Gasteiger partial charge on any atom is 0.302 e. The van der Waals surface area contributed by atoms with Gasteiger partial charge >= 0.3 is 5.97 Å². The van der Waals surface area contributed by atoms with E-state index in [0.717, 1.165) is 49.0 Å². The minimum Gasteiger partial charge on any atom is -0.497 e. The Kier molecular flexibility index (Phi) is 8.80. The highest BCUT2D eigenvalue weighted by Gasteiger charge is 2.16. The van der Waals surface area contributed by atoms with Crippen LogP contribution in [0.1, 0.15) is 44.6 Å². The molecule has 0 heterocycles. The SMILES string of the molecule is COc1ccc(OC)c(C[C@@H](CCCCCC=O)OC(C)=O)c1. The third-order valence-electron chi connectivity index (χ3n) is 3.62. The molecule has 1 rings (SSSR count). The average molecular weight is 322 g/mol. The molecular formula is C18H26O5. The molecule has 0 saturated carbocycles. The molecule has 0 unspecified atom stereocenters. The van der Waals surface area contributed by atoms with E-state index < -0.39 is 0 Å². The van der Waals surface area contributed by atoms with Crippen LogP contribution in [-0.4, -0.2) is 32.6 Å². The number of carbonyl (C=O) groups is 2. The van der Waals surface area contributed by atoms with Crippen molar-refractivity contribution in [3.8, 4) is 11.5 Å². The maximum absolute atomic E-state index is 11.3. The summed E-state index contributed by atoms with van der Waals surface area (Å²) in [6.45, 7) is 1.42. The lowest BCUT2D eigenvalue weighted by atomic mass is 10.0. The Morgan fingerprint density at radius 2 is 1.96 bits per heavy atom. The Morgan fingerprint density at radius 3 is 2.57 bits per heavy atom. The van der Waals surface area contributed by atoms with Crippen LogP contribution in [0.5, 0.6) is 11.5 Å². The van der Waals surface area contributed by atoms with E-state index >= 15 is 0 Å². The lowest BCUT2D eigenvalue weighted by molar-refractivity contribution is -0.146. The predicted molar refractivity (Wildman–Crippen MR) is 88.0 cm³/mol. The molecule has 128 valence electrons. The van der Waals surface area contributed by atoms with Gasteiger partial charge in [0.1, 0.15) is 23.9 Å². The third-order valence-corrected chi connectivity index (χ3v) is 3.62. The number of esters is 1. The second-order valence-corrected chi connectivity index (χ2v) is 5.42. The zero-order valence-corrected chi connectivity index (χ0v) is 14.2. The summed E-state index contributed by atoms with van der Waals surface area (Å²) in [4.78, 5) is 21.7. The van der Waals surface area contributed by atoms with Gasteiger partial charge in [0, 0.05) is 25.3 Å². The molecule has 0 amide bonds. The Balaban J connectivity index is 2.71. The van der Waals surface area contributed by atoms with Crippen molar-refractivity contribution in [1.29, 1.82) is 0 Å². The molecule has 23 heavy (non-hydrogen) atoms. The Bertz CT molecular complexity index is 498. The molecule has 0 aliphatic heterocycles. The standard InChI is InChI=1S/C18H26O5/c1-14(20)23-17(8-6-4-5-7-11-19)13-15-12-16(21-2)9-10-18(15)22-3/h9-12,17H,4-8,13H2,1-3H3/t17-/m1/s1. The molecular weight excluding hydrogens is 296 g/mol. The molecule has 5 nitrogen and oxygen atoms in total. The minimum atomic E-state index is -0.287. The highest BCUT2D eigenvalue weighted by Crippen LogP contribution is 2.26. The summed E-state index contributed by atoms with van der Waals surface area (Å²) in [6, 6.07) is 5.59. The third kappa shape index (κ3) is 7.17. The van der Waals surface area contributed by atoms with E-state index in [0.29, 0.717) is 12.8 Å². The van der Waals surface area contributed by atoms with Crippen LogP contribution in [0.4, 0.5) is 0 Å². The van der Waals surface area contributed by atoms with Gasteiger partial charge in [0.2, 0.25) is 0 Å². The molecule has 0 N–H and O–H groups in total. The number of rotatable bonds is 11. The minimum absolute atomic E-state index is 0.204. The van der Waals surface area contributed by atoms with Crippen LogP contribution < -0.4 is 9.47 Å². The molecule has 1 aromatic carbocycles. The van der Waals surface area contributed by atoms with E-state index in [1.54, 1.807) is 14.2 Å². The zero-order chi connectivity index (χ0) is 17.1. The van der Waals surface area contributed by atoms with Gasteiger partial charge in [0.15, 0.2) is 0 Å². The molecule has 0 aliphatic carbocycles. The first kappa shape index (κ1) is 19.0.